The number of carbonyl (C=O) groups excluding carboxylic acids is 1. The molecule has 0 aromatic heterocycles. The van der Waals surface area contributed by atoms with Crippen LogP contribution in [0, 0.1) is 5.92 Å². The van der Waals surface area contributed by atoms with Gasteiger partial charge in [0.1, 0.15) is 10.7 Å². The lowest BCUT2D eigenvalue weighted by Gasteiger charge is -2.30. The molecule has 7 nitrogen and oxygen atoms in total. The van der Waals surface area contributed by atoms with Gasteiger partial charge in [0.2, 0.25) is 5.91 Å². The summed E-state index contributed by atoms with van der Waals surface area (Å²) in [5.41, 5.74) is 0.999. The van der Waals surface area contributed by atoms with E-state index in [1.54, 1.807) is 33.1 Å². The number of carbonyl (C=O) groups is 1. The molecule has 1 heterocycles. The summed E-state index contributed by atoms with van der Waals surface area (Å²) >= 11 is 0. The standard InChI is InChI=1S/C16H23N3O4S/c1-5-15-18-24(21,22)14-10-12(17-16(20)11(2)3)6-7-13(14)19(15)8-9-23-4/h6-7,10-11H,5,8-9H2,1-4H3,(H,17,20). The van der Waals surface area contributed by atoms with Crippen molar-refractivity contribution in [1.29, 1.82) is 0 Å². The smallest absolute Gasteiger partial charge is 0.286 e. The number of nitrogens with zero attached hydrogens (tertiary/aromatic N) is 2. The van der Waals surface area contributed by atoms with E-state index >= 15 is 0 Å². The van der Waals surface area contributed by atoms with Crippen LogP contribution in [0.2, 0.25) is 0 Å². The number of benzene rings is 1. The summed E-state index contributed by atoms with van der Waals surface area (Å²) in [5, 5.41) is 2.72. The normalized spacial score (nSPS) is 15.9. The van der Waals surface area contributed by atoms with Gasteiger partial charge >= 0.3 is 0 Å². The Hall–Kier alpha value is -1.93. The van der Waals surface area contributed by atoms with Crippen LogP contribution in [0.4, 0.5) is 11.4 Å². The third-order valence-electron chi connectivity index (χ3n) is 3.69. The highest BCUT2D eigenvalue weighted by Crippen LogP contribution is 2.34. The third-order valence-corrected chi connectivity index (χ3v) is 5.03. The summed E-state index contributed by atoms with van der Waals surface area (Å²) in [6, 6.07) is 4.86. The van der Waals surface area contributed by atoms with E-state index in [1.807, 2.05) is 11.8 Å². The Kier molecular flexibility index (Phi) is 5.61. The van der Waals surface area contributed by atoms with Crippen LogP contribution in [0.3, 0.4) is 0 Å². The lowest BCUT2D eigenvalue weighted by Crippen LogP contribution is -2.37. The molecule has 24 heavy (non-hydrogen) atoms. The van der Waals surface area contributed by atoms with Crippen LogP contribution in [-0.4, -0.2) is 40.4 Å². The van der Waals surface area contributed by atoms with Crippen molar-refractivity contribution in [2.75, 3.05) is 30.5 Å². The average molecular weight is 353 g/mol. The zero-order valence-corrected chi connectivity index (χ0v) is 15.2. The highest BCUT2D eigenvalue weighted by molar-refractivity contribution is 7.90. The fourth-order valence-electron chi connectivity index (χ4n) is 2.37. The molecule has 1 aromatic carbocycles. The van der Waals surface area contributed by atoms with Crippen LogP contribution in [-0.2, 0) is 19.6 Å². The van der Waals surface area contributed by atoms with Crippen molar-refractivity contribution in [1.82, 2.24) is 0 Å². The van der Waals surface area contributed by atoms with E-state index in [4.69, 9.17) is 4.74 Å². The van der Waals surface area contributed by atoms with E-state index in [1.165, 1.54) is 6.07 Å². The molecule has 1 amide bonds. The molecule has 0 aliphatic carbocycles. The molecule has 0 bridgehead atoms. The zero-order valence-electron chi connectivity index (χ0n) is 14.4. The Morgan fingerprint density at radius 2 is 2.08 bits per heavy atom. The maximum Gasteiger partial charge on any atom is 0.286 e. The second kappa shape index (κ2) is 7.31. The molecule has 2 rings (SSSR count). The molecule has 132 valence electrons. The molecule has 1 N–H and O–H groups in total. The number of ether oxygens (including phenoxy) is 1. The zero-order chi connectivity index (χ0) is 17.9. The summed E-state index contributed by atoms with van der Waals surface area (Å²) in [6.45, 7) is 6.35. The Labute approximate surface area is 142 Å². The largest absolute Gasteiger partial charge is 0.383 e. The molecule has 0 atom stereocenters. The number of nitrogens with one attached hydrogen (secondary N) is 1. The maximum absolute atomic E-state index is 12.5. The maximum atomic E-state index is 12.5. The minimum atomic E-state index is -3.79. The first-order valence-electron chi connectivity index (χ1n) is 7.85. The van der Waals surface area contributed by atoms with Gasteiger partial charge in [-0.15, -0.1) is 4.40 Å². The van der Waals surface area contributed by atoms with Crippen LogP contribution in [0.15, 0.2) is 27.5 Å². The van der Waals surface area contributed by atoms with E-state index in [2.05, 4.69) is 9.71 Å². The average Bonchev–Trinajstić information content (AvgIpc) is 2.53. The molecule has 1 aliphatic rings. The Morgan fingerprint density at radius 3 is 2.67 bits per heavy atom. The van der Waals surface area contributed by atoms with Gasteiger partial charge < -0.3 is 15.0 Å². The lowest BCUT2D eigenvalue weighted by atomic mass is 10.2. The van der Waals surface area contributed by atoms with Crippen molar-refractivity contribution in [2.45, 2.75) is 32.1 Å². The molecule has 0 spiro atoms. The molecule has 1 aliphatic heterocycles. The quantitative estimate of drug-likeness (QED) is 0.847. The first-order chi connectivity index (χ1) is 11.3. The van der Waals surface area contributed by atoms with E-state index in [9.17, 15) is 13.2 Å². The van der Waals surface area contributed by atoms with Crippen molar-refractivity contribution in [3.63, 3.8) is 0 Å². The SMILES string of the molecule is CCC1=NS(=O)(=O)c2cc(NC(=O)C(C)C)ccc2N1CCOC. The summed E-state index contributed by atoms with van der Waals surface area (Å²) in [6.07, 6.45) is 0.494. The first-order valence-corrected chi connectivity index (χ1v) is 9.29. The number of sulfonamides is 1. The molecule has 0 saturated carbocycles. The van der Waals surface area contributed by atoms with Crippen LogP contribution in [0.25, 0.3) is 0 Å². The highest BCUT2D eigenvalue weighted by atomic mass is 32.2. The summed E-state index contributed by atoms with van der Waals surface area (Å²) < 4.78 is 34.0. The van der Waals surface area contributed by atoms with E-state index in [0.29, 0.717) is 36.8 Å². The second-order valence-electron chi connectivity index (χ2n) is 5.81. The molecule has 8 heteroatoms. The van der Waals surface area contributed by atoms with Crippen molar-refractivity contribution in [3.8, 4) is 0 Å². The van der Waals surface area contributed by atoms with E-state index < -0.39 is 10.0 Å². The number of fused-ring (bicyclic) bond motifs is 1. The van der Waals surface area contributed by atoms with Gasteiger partial charge in [0, 0.05) is 31.7 Å². The van der Waals surface area contributed by atoms with Gasteiger partial charge in [-0.05, 0) is 18.2 Å². The molecule has 0 fully saturated rings. The molecule has 1 aromatic rings. The summed E-state index contributed by atoms with van der Waals surface area (Å²) in [4.78, 5) is 13.8. The number of hydrogen-bond acceptors (Lipinski definition) is 5. The fraction of sp³-hybridized carbons (Fsp3) is 0.500. The fourth-order valence-corrected chi connectivity index (χ4v) is 3.69. The number of methoxy groups -OCH3 is 1. The topological polar surface area (TPSA) is 88.1 Å². The molecule has 0 radical (unpaired) electrons. The van der Waals surface area contributed by atoms with Gasteiger partial charge in [0.25, 0.3) is 10.0 Å². The van der Waals surface area contributed by atoms with Crippen LogP contribution in [0.5, 0.6) is 0 Å². The number of amidine groups is 1. The van der Waals surface area contributed by atoms with Gasteiger partial charge in [-0.1, -0.05) is 20.8 Å². The number of anilines is 2. The van der Waals surface area contributed by atoms with Gasteiger partial charge in [-0.25, -0.2) is 0 Å². The van der Waals surface area contributed by atoms with Gasteiger partial charge in [-0.3, -0.25) is 4.79 Å². The number of amides is 1. The summed E-state index contributed by atoms with van der Waals surface area (Å²) in [7, 11) is -2.19. The van der Waals surface area contributed by atoms with Crippen LogP contribution < -0.4 is 10.2 Å². The third kappa shape index (κ3) is 3.76. The van der Waals surface area contributed by atoms with Crippen molar-refractivity contribution in [3.05, 3.63) is 18.2 Å². The first kappa shape index (κ1) is 18.4. The van der Waals surface area contributed by atoms with Gasteiger partial charge in [0.05, 0.1) is 12.3 Å². The molecular formula is C16H23N3O4S. The summed E-state index contributed by atoms with van der Waals surface area (Å²) in [5.74, 6) is 0.121. The number of rotatable bonds is 6. The van der Waals surface area contributed by atoms with Crippen LogP contribution >= 0.6 is 0 Å². The predicted octanol–water partition coefficient (Wildman–Crippen LogP) is 2.24. The minimum absolute atomic E-state index is 0.0948. The Bertz CT molecular complexity index is 757. The van der Waals surface area contributed by atoms with Gasteiger partial charge in [0.15, 0.2) is 0 Å². The van der Waals surface area contributed by atoms with Crippen LogP contribution in [0.1, 0.15) is 27.2 Å². The molecule has 0 unspecified atom stereocenters. The van der Waals surface area contributed by atoms with E-state index in [0.717, 1.165) is 0 Å². The molecule has 0 saturated heterocycles. The predicted molar refractivity (Wildman–Crippen MR) is 94.0 cm³/mol. The lowest BCUT2D eigenvalue weighted by molar-refractivity contribution is -0.118. The van der Waals surface area contributed by atoms with Crippen molar-refractivity contribution in [2.24, 2.45) is 10.3 Å². The molecular weight excluding hydrogens is 330 g/mol. The van der Waals surface area contributed by atoms with Crippen molar-refractivity contribution >= 4 is 33.1 Å². The Morgan fingerprint density at radius 1 is 1.38 bits per heavy atom. The highest BCUT2D eigenvalue weighted by Gasteiger charge is 2.30. The van der Waals surface area contributed by atoms with Gasteiger partial charge in [-0.2, -0.15) is 8.42 Å². The van der Waals surface area contributed by atoms with E-state index in [-0.39, 0.29) is 16.7 Å². The second-order valence-corrected chi connectivity index (χ2v) is 7.38. The van der Waals surface area contributed by atoms with Crippen molar-refractivity contribution < 1.29 is 17.9 Å². The minimum Gasteiger partial charge on any atom is -0.383 e. The Balaban J connectivity index is 2.45. The monoisotopic (exact) mass is 353 g/mol. The number of hydrogen-bond donors (Lipinski definition) is 1.